The molecule has 2 atom stereocenters. The van der Waals surface area contributed by atoms with E-state index in [1.807, 2.05) is 36.4 Å². The molecule has 1 spiro atoms. The van der Waals surface area contributed by atoms with Gasteiger partial charge in [0.25, 0.3) is 5.91 Å². The number of hydrogen-bond donors (Lipinski definition) is 1. The number of hydrogen-bond acceptors (Lipinski definition) is 3. The van der Waals surface area contributed by atoms with Gasteiger partial charge in [-0.2, -0.15) is 0 Å². The zero-order valence-corrected chi connectivity index (χ0v) is 16.6. The van der Waals surface area contributed by atoms with Crippen LogP contribution in [0.3, 0.4) is 0 Å². The fraction of sp³-hybridized carbons (Fsp3) is 0.217. The summed E-state index contributed by atoms with van der Waals surface area (Å²) in [5.41, 5.74) is -0.0834. The van der Waals surface area contributed by atoms with Crippen LogP contribution in [-0.2, 0) is 9.59 Å². The van der Waals surface area contributed by atoms with E-state index in [1.165, 1.54) is 4.90 Å². The second-order valence-corrected chi connectivity index (χ2v) is 8.48. The average molecular weight is 436 g/mol. The molecule has 1 heterocycles. The summed E-state index contributed by atoms with van der Waals surface area (Å²) >= 11 is 3.43. The van der Waals surface area contributed by atoms with E-state index in [0.29, 0.717) is 36.1 Å². The minimum absolute atomic E-state index is 0.322. The van der Waals surface area contributed by atoms with Crippen LogP contribution in [-0.4, -0.2) is 22.5 Å². The van der Waals surface area contributed by atoms with Crippen LogP contribution in [0.5, 0.6) is 0 Å². The van der Waals surface area contributed by atoms with E-state index in [2.05, 4.69) is 15.9 Å². The number of imide groups is 1. The van der Waals surface area contributed by atoms with Gasteiger partial charge < -0.3 is 5.11 Å². The molecule has 28 heavy (non-hydrogen) atoms. The van der Waals surface area contributed by atoms with Crippen LogP contribution in [0.25, 0.3) is 5.57 Å². The van der Waals surface area contributed by atoms with E-state index in [-0.39, 0.29) is 11.8 Å². The van der Waals surface area contributed by atoms with Crippen LogP contribution in [0.15, 0.2) is 76.8 Å². The summed E-state index contributed by atoms with van der Waals surface area (Å²) in [7, 11) is 0. The first-order valence-electron chi connectivity index (χ1n) is 9.34. The second kappa shape index (κ2) is 6.00. The van der Waals surface area contributed by atoms with Gasteiger partial charge in [-0.1, -0.05) is 58.4 Å². The maximum Gasteiger partial charge on any atom is 0.262 e. The van der Waals surface area contributed by atoms with E-state index >= 15 is 0 Å². The first-order chi connectivity index (χ1) is 13.5. The van der Waals surface area contributed by atoms with Crippen molar-refractivity contribution in [1.82, 2.24) is 0 Å². The zero-order valence-electron chi connectivity index (χ0n) is 15.1. The molecule has 2 aromatic rings. The van der Waals surface area contributed by atoms with Crippen molar-refractivity contribution in [3.05, 3.63) is 82.4 Å². The summed E-state index contributed by atoms with van der Waals surface area (Å²) in [4.78, 5) is 28.1. The molecule has 4 nitrogen and oxygen atoms in total. The lowest BCUT2D eigenvalue weighted by Gasteiger charge is -2.42. The van der Waals surface area contributed by atoms with Crippen molar-refractivity contribution in [2.75, 3.05) is 4.90 Å². The lowest BCUT2D eigenvalue weighted by Crippen LogP contribution is -2.51. The Morgan fingerprint density at radius 2 is 1.57 bits per heavy atom. The number of allylic oxidation sites excluding steroid dienone is 2. The molecule has 1 saturated heterocycles. The quantitative estimate of drug-likeness (QED) is 0.717. The molecule has 5 rings (SSSR count). The van der Waals surface area contributed by atoms with E-state index in [1.54, 1.807) is 30.3 Å². The summed E-state index contributed by atoms with van der Waals surface area (Å²) in [5.74, 6) is -0.653. The molecule has 5 heteroatoms. The third-order valence-corrected chi connectivity index (χ3v) is 6.82. The Kier molecular flexibility index (Phi) is 3.77. The SMILES string of the molecule is O=C1C2=CC=C(c3ccc(Br)cc3)[C@@]3(O)CCC[C@@]23C(=O)N1c1ccccc1. The van der Waals surface area contributed by atoms with Crippen molar-refractivity contribution >= 4 is 39.0 Å². The van der Waals surface area contributed by atoms with Crippen LogP contribution < -0.4 is 4.90 Å². The van der Waals surface area contributed by atoms with Gasteiger partial charge in [-0.15, -0.1) is 0 Å². The van der Waals surface area contributed by atoms with Crippen molar-refractivity contribution in [2.24, 2.45) is 5.41 Å². The number of halogens is 1. The van der Waals surface area contributed by atoms with Crippen LogP contribution in [0.4, 0.5) is 5.69 Å². The van der Waals surface area contributed by atoms with E-state index in [9.17, 15) is 14.7 Å². The summed E-state index contributed by atoms with van der Waals surface area (Å²) in [6.07, 6.45) is 5.15. The Hall–Kier alpha value is -2.50. The molecule has 0 bridgehead atoms. The highest BCUT2D eigenvalue weighted by molar-refractivity contribution is 9.10. The Bertz CT molecular complexity index is 1060. The van der Waals surface area contributed by atoms with Gasteiger partial charge >= 0.3 is 0 Å². The fourth-order valence-corrected chi connectivity index (χ4v) is 5.30. The van der Waals surface area contributed by atoms with Crippen molar-refractivity contribution in [1.29, 1.82) is 0 Å². The zero-order chi connectivity index (χ0) is 19.5. The van der Waals surface area contributed by atoms with Crippen LogP contribution in [0, 0.1) is 5.41 Å². The molecule has 0 aromatic heterocycles. The number of anilines is 1. The third-order valence-electron chi connectivity index (χ3n) is 6.29. The minimum Gasteiger partial charge on any atom is -0.384 e. The van der Waals surface area contributed by atoms with Gasteiger partial charge in [0.1, 0.15) is 11.0 Å². The highest BCUT2D eigenvalue weighted by Crippen LogP contribution is 2.62. The second-order valence-electron chi connectivity index (χ2n) is 7.57. The maximum absolute atomic E-state index is 13.7. The van der Waals surface area contributed by atoms with Crippen molar-refractivity contribution < 1.29 is 14.7 Å². The predicted octanol–water partition coefficient (Wildman–Crippen LogP) is 4.25. The minimum atomic E-state index is -1.39. The van der Waals surface area contributed by atoms with Crippen molar-refractivity contribution in [3.8, 4) is 0 Å². The molecule has 1 saturated carbocycles. The highest BCUT2D eigenvalue weighted by atomic mass is 79.9. The van der Waals surface area contributed by atoms with Gasteiger partial charge in [0.2, 0.25) is 5.91 Å². The maximum atomic E-state index is 13.7. The number of amides is 2. The van der Waals surface area contributed by atoms with E-state index in [0.717, 1.165) is 10.0 Å². The number of para-hydroxylation sites is 1. The lowest BCUT2D eigenvalue weighted by atomic mass is 9.63. The number of aliphatic hydroxyl groups is 1. The normalized spacial score (nSPS) is 28.7. The Morgan fingerprint density at radius 1 is 0.893 bits per heavy atom. The molecule has 1 aliphatic heterocycles. The molecule has 0 unspecified atom stereocenters. The molecule has 140 valence electrons. The highest BCUT2D eigenvalue weighted by Gasteiger charge is 2.70. The van der Waals surface area contributed by atoms with Gasteiger partial charge in [-0.05, 0) is 54.7 Å². The smallest absolute Gasteiger partial charge is 0.262 e. The van der Waals surface area contributed by atoms with Crippen LogP contribution in [0.2, 0.25) is 0 Å². The summed E-state index contributed by atoms with van der Waals surface area (Å²) in [5, 5.41) is 11.9. The number of benzene rings is 2. The largest absolute Gasteiger partial charge is 0.384 e. The van der Waals surface area contributed by atoms with E-state index in [4.69, 9.17) is 0 Å². The summed E-state index contributed by atoms with van der Waals surface area (Å²) in [6.45, 7) is 0. The predicted molar refractivity (Wildman–Crippen MR) is 110 cm³/mol. The van der Waals surface area contributed by atoms with Crippen LogP contribution >= 0.6 is 15.9 Å². The van der Waals surface area contributed by atoms with Gasteiger partial charge in [0, 0.05) is 10.0 Å². The number of carbonyl (C=O) groups is 2. The number of carbonyl (C=O) groups excluding carboxylic acids is 2. The number of nitrogens with zero attached hydrogens (tertiary/aromatic N) is 1. The molecule has 2 aliphatic carbocycles. The van der Waals surface area contributed by atoms with Gasteiger partial charge in [0.15, 0.2) is 0 Å². The topological polar surface area (TPSA) is 57.6 Å². The molecular formula is C23H18BrNO3. The van der Waals surface area contributed by atoms with Crippen molar-refractivity contribution in [3.63, 3.8) is 0 Å². The van der Waals surface area contributed by atoms with Crippen LogP contribution in [0.1, 0.15) is 24.8 Å². The first kappa shape index (κ1) is 17.6. The Balaban J connectivity index is 1.68. The van der Waals surface area contributed by atoms with E-state index < -0.39 is 11.0 Å². The molecule has 3 aliphatic rings. The van der Waals surface area contributed by atoms with Gasteiger partial charge in [-0.3, -0.25) is 9.59 Å². The molecule has 2 fully saturated rings. The van der Waals surface area contributed by atoms with Gasteiger partial charge in [-0.25, -0.2) is 4.90 Å². The van der Waals surface area contributed by atoms with Gasteiger partial charge in [0.05, 0.1) is 5.69 Å². The fourth-order valence-electron chi connectivity index (χ4n) is 5.03. The first-order valence-corrected chi connectivity index (χ1v) is 10.1. The lowest BCUT2D eigenvalue weighted by molar-refractivity contribution is -0.131. The Labute approximate surface area is 171 Å². The monoisotopic (exact) mass is 435 g/mol. The molecule has 0 radical (unpaired) electrons. The standard InChI is InChI=1S/C23H18BrNO3/c24-16-9-7-15(8-10-16)18-11-12-19-20(26)25(17-5-2-1-3-6-17)21(27)22(19)13-4-14-23(18,22)28/h1-3,5-12,28H,4,13-14H2/t22-,23-/m0/s1. The summed E-state index contributed by atoms with van der Waals surface area (Å²) in [6, 6.07) is 16.6. The average Bonchev–Trinajstić information content (AvgIpc) is 3.17. The summed E-state index contributed by atoms with van der Waals surface area (Å²) < 4.78 is 0.944. The molecule has 1 N–H and O–H groups in total. The Morgan fingerprint density at radius 3 is 2.29 bits per heavy atom. The van der Waals surface area contributed by atoms with Crippen molar-refractivity contribution in [2.45, 2.75) is 24.9 Å². The molecule has 2 amide bonds. The third kappa shape index (κ3) is 2.09. The molecule has 2 aromatic carbocycles. The molecular weight excluding hydrogens is 418 g/mol. The number of rotatable bonds is 2.